The van der Waals surface area contributed by atoms with Crippen LogP contribution in [0.5, 0.6) is 5.75 Å². The van der Waals surface area contributed by atoms with Crippen LogP contribution in [0.15, 0.2) is 59.4 Å². The first-order chi connectivity index (χ1) is 16.9. The van der Waals surface area contributed by atoms with E-state index in [0.717, 1.165) is 25.9 Å². The molecule has 2 aromatic carbocycles. The molecule has 0 bridgehead atoms. The zero-order valence-electron chi connectivity index (χ0n) is 19.8. The van der Waals surface area contributed by atoms with Crippen LogP contribution in [0.3, 0.4) is 0 Å². The lowest BCUT2D eigenvalue weighted by Crippen LogP contribution is -2.45. The van der Waals surface area contributed by atoms with E-state index in [1.165, 1.54) is 9.13 Å². The number of aromatic nitrogens is 2. The van der Waals surface area contributed by atoms with Gasteiger partial charge in [-0.15, -0.1) is 0 Å². The average molecular weight is 482 g/mol. The summed E-state index contributed by atoms with van der Waals surface area (Å²) in [7, 11) is 1.66. The van der Waals surface area contributed by atoms with E-state index < -0.39 is 18.2 Å². The van der Waals surface area contributed by atoms with Gasteiger partial charge >= 0.3 is 17.8 Å². The number of carbonyl (C=O) groups excluding carboxylic acids is 2. The van der Waals surface area contributed by atoms with Crippen LogP contribution in [0.4, 0.5) is 9.59 Å². The molecule has 186 valence electrons. The SMILES string of the molecule is Cn1c(=O)n(C(=O)NCC2CCN(CC(COc3ccccc3)OC(N)=O)CC2)c2ccccc21. The van der Waals surface area contributed by atoms with E-state index in [9.17, 15) is 14.4 Å². The van der Waals surface area contributed by atoms with Crippen LogP contribution in [-0.4, -0.2) is 65.0 Å². The topological polar surface area (TPSA) is 121 Å². The van der Waals surface area contributed by atoms with Crippen molar-refractivity contribution in [1.82, 2.24) is 19.4 Å². The molecule has 2 heterocycles. The van der Waals surface area contributed by atoms with E-state index in [1.54, 1.807) is 19.2 Å². The number of aryl methyl sites for hydroxylation is 1. The first kappa shape index (κ1) is 24.3. The monoisotopic (exact) mass is 481 g/mol. The summed E-state index contributed by atoms with van der Waals surface area (Å²) in [5.74, 6) is 0.988. The summed E-state index contributed by atoms with van der Waals surface area (Å²) in [4.78, 5) is 38.9. The number of fused-ring (bicyclic) bond motifs is 1. The molecule has 3 N–H and O–H groups in total. The van der Waals surface area contributed by atoms with Gasteiger partial charge in [0.2, 0.25) is 0 Å². The van der Waals surface area contributed by atoms with Crippen molar-refractivity contribution >= 4 is 23.2 Å². The number of rotatable bonds is 8. The predicted molar refractivity (Wildman–Crippen MR) is 132 cm³/mol. The molecule has 10 heteroatoms. The fourth-order valence-electron chi connectivity index (χ4n) is 4.46. The molecule has 0 saturated carbocycles. The minimum absolute atomic E-state index is 0.211. The van der Waals surface area contributed by atoms with Crippen molar-refractivity contribution < 1.29 is 19.1 Å². The summed E-state index contributed by atoms with van der Waals surface area (Å²) in [5, 5.41) is 2.92. The van der Waals surface area contributed by atoms with Gasteiger partial charge in [-0.1, -0.05) is 30.3 Å². The van der Waals surface area contributed by atoms with Crippen molar-refractivity contribution in [3.63, 3.8) is 0 Å². The largest absolute Gasteiger partial charge is 0.490 e. The normalized spacial score (nSPS) is 15.6. The Kier molecular flexibility index (Phi) is 7.71. The first-order valence-electron chi connectivity index (χ1n) is 11.7. The summed E-state index contributed by atoms with van der Waals surface area (Å²) in [6.45, 7) is 2.79. The number of piperidine rings is 1. The van der Waals surface area contributed by atoms with Crippen molar-refractivity contribution in [2.75, 3.05) is 32.8 Å². The number of nitrogens with zero attached hydrogens (tertiary/aromatic N) is 3. The van der Waals surface area contributed by atoms with Gasteiger partial charge in [0.1, 0.15) is 12.4 Å². The molecule has 0 spiro atoms. The standard InChI is InChI=1S/C25H31N5O5/c1-28-21-9-5-6-10-22(21)30(25(28)33)24(32)27-15-18-11-13-29(14-12-18)16-20(35-23(26)31)17-34-19-7-3-2-4-8-19/h2-10,18,20H,11-17H2,1H3,(H2,26,31)(H,27,32). The number of benzene rings is 2. The molecule has 0 radical (unpaired) electrons. The first-order valence-corrected chi connectivity index (χ1v) is 11.7. The number of ether oxygens (including phenoxy) is 2. The Balaban J connectivity index is 1.26. The minimum atomic E-state index is -0.826. The van der Waals surface area contributed by atoms with Crippen LogP contribution < -0.4 is 21.5 Å². The third kappa shape index (κ3) is 6.02. The quantitative estimate of drug-likeness (QED) is 0.509. The smallest absolute Gasteiger partial charge is 0.404 e. The number of nitrogens with one attached hydrogen (secondary N) is 1. The van der Waals surface area contributed by atoms with Gasteiger partial charge in [0.05, 0.1) is 11.0 Å². The van der Waals surface area contributed by atoms with E-state index in [2.05, 4.69) is 10.2 Å². The second-order valence-electron chi connectivity index (χ2n) is 8.78. The predicted octanol–water partition coefficient (Wildman–Crippen LogP) is 2.15. The van der Waals surface area contributed by atoms with Crippen LogP contribution in [-0.2, 0) is 11.8 Å². The van der Waals surface area contributed by atoms with Crippen LogP contribution in [0.25, 0.3) is 11.0 Å². The number of hydrogen-bond donors (Lipinski definition) is 2. The van der Waals surface area contributed by atoms with Crippen molar-refractivity contribution in [2.45, 2.75) is 18.9 Å². The molecular weight excluding hydrogens is 450 g/mol. The maximum absolute atomic E-state index is 12.8. The molecule has 2 amide bonds. The van der Waals surface area contributed by atoms with Crippen molar-refractivity contribution in [3.8, 4) is 5.75 Å². The molecule has 4 rings (SSSR count). The molecule has 10 nitrogen and oxygen atoms in total. The zero-order chi connectivity index (χ0) is 24.8. The zero-order valence-corrected chi connectivity index (χ0v) is 19.8. The Hall–Kier alpha value is -3.79. The number of carbonyl (C=O) groups is 2. The summed E-state index contributed by atoms with van der Waals surface area (Å²) in [6.07, 6.45) is 0.427. The van der Waals surface area contributed by atoms with Crippen LogP contribution in [0.2, 0.25) is 0 Å². The van der Waals surface area contributed by atoms with Crippen LogP contribution in [0.1, 0.15) is 12.8 Å². The summed E-state index contributed by atoms with van der Waals surface area (Å²) in [5.41, 5.74) is 6.19. The second-order valence-corrected chi connectivity index (χ2v) is 8.78. The highest BCUT2D eigenvalue weighted by molar-refractivity contribution is 5.89. The number of nitrogens with two attached hydrogens (primary N) is 1. The third-order valence-electron chi connectivity index (χ3n) is 6.34. The molecule has 0 aliphatic carbocycles. The van der Waals surface area contributed by atoms with E-state index in [1.807, 2.05) is 42.5 Å². The van der Waals surface area contributed by atoms with Gasteiger partial charge in [-0.25, -0.2) is 19.0 Å². The van der Waals surface area contributed by atoms with Gasteiger partial charge in [-0.2, -0.15) is 0 Å². The van der Waals surface area contributed by atoms with Gasteiger partial charge in [-0.3, -0.25) is 9.47 Å². The summed E-state index contributed by atoms with van der Waals surface area (Å²) in [6, 6.07) is 16.1. The number of hydrogen-bond acceptors (Lipinski definition) is 6. The molecule has 1 aliphatic rings. The van der Waals surface area contributed by atoms with Gasteiger partial charge < -0.3 is 20.5 Å². The van der Waals surface area contributed by atoms with Crippen molar-refractivity contribution in [3.05, 3.63) is 65.1 Å². The average Bonchev–Trinajstić information content (AvgIpc) is 3.12. The van der Waals surface area contributed by atoms with E-state index in [0.29, 0.717) is 29.9 Å². The Bertz CT molecular complexity index is 1210. The van der Waals surface area contributed by atoms with E-state index in [-0.39, 0.29) is 18.2 Å². The Morgan fingerprint density at radius 3 is 2.40 bits per heavy atom. The van der Waals surface area contributed by atoms with Gasteiger partial charge in [0, 0.05) is 20.1 Å². The highest BCUT2D eigenvalue weighted by Crippen LogP contribution is 2.18. The maximum atomic E-state index is 12.8. The fraction of sp³-hybridized carbons (Fsp3) is 0.400. The minimum Gasteiger partial charge on any atom is -0.490 e. The number of primary amides is 1. The maximum Gasteiger partial charge on any atom is 0.404 e. The number of likely N-dealkylation sites (tertiary alicyclic amines) is 1. The van der Waals surface area contributed by atoms with E-state index in [4.69, 9.17) is 15.2 Å². The fourth-order valence-corrected chi connectivity index (χ4v) is 4.46. The third-order valence-corrected chi connectivity index (χ3v) is 6.34. The molecule has 1 aromatic heterocycles. The van der Waals surface area contributed by atoms with Crippen LogP contribution >= 0.6 is 0 Å². The van der Waals surface area contributed by atoms with Crippen LogP contribution in [0, 0.1) is 5.92 Å². The Morgan fingerprint density at radius 1 is 1.06 bits per heavy atom. The molecule has 3 aromatic rings. The Labute approximate surface area is 203 Å². The molecule has 35 heavy (non-hydrogen) atoms. The number of para-hydroxylation sites is 3. The lowest BCUT2D eigenvalue weighted by atomic mass is 9.96. The molecule has 1 fully saturated rings. The molecule has 1 aliphatic heterocycles. The van der Waals surface area contributed by atoms with Gasteiger partial charge in [-0.05, 0) is 56.1 Å². The highest BCUT2D eigenvalue weighted by Gasteiger charge is 2.25. The Morgan fingerprint density at radius 2 is 1.71 bits per heavy atom. The summed E-state index contributed by atoms with van der Waals surface area (Å²) < 4.78 is 13.7. The summed E-state index contributed by atoms with van der Waals surface area (Å²) >= 11 is 0. The lowest BCUT2D eigenvalue weighted by Gasteiger charge is -2.33. The second kappa shape index (κ2) is 11.1. The lowest BCUT2D eigenvalue weighted by molar-refractivity contribution is 0.0368. The highest BCUT2D eigenvalue weighted by atomic mass is 16.6. The van der Waals surface area contributed by atoms with Crippen molar-refractivity contribution in [2.24, 2.45) is 18.7 Å². The molecule has 1 atom stereocenters. The number of amides is 2. The van der Waals surface area contributed by atoms with Gasteiger partial charge in [0.25, 0.3) is 0 Å². The molecular formula is C25H31N5O5. The molecule has 1 saturated heterocycles. The van der Waals surface area contributed by atoms with Gasteiger partial charge in [0.15, 0.2) is 6.10 Å². The number of imidazole rings is 1. The van der Waals surface area contributed by atoms with Crippen molar-refractivity contribution in [1.29, 1.82) is 0 Å². The van der Waals surface area contributed by atoms with E-state index >= 15 is 0 Å². The molecule has 1 unspecified atom stereocenters.